The van der Waals surface area contributed by atoms with E-state index in [1.165, 1.54) is 0 Å². The van der Waals surface area contributed by atoms with Crippen LogP contribution in [0.2, 0.25) is 0 Å². The Morgan fingerprint density at radius 3 is 2.43 bits per heavy atom. The molecule has 0 spiro atoms. The zero-order valence-corrected chi connectivity index (χ0v) is 14.2. The van der Waals surface area contributed by atoms with Crippen molar-refractivity contribution in [2.45, 2.75) is 25.7 Å². The summed E-state index contributed by atoms with van der Waals surface area (Å²) in [5.41, 5.74) is 5.32. The Balaban J connectivity index is 1.80. The van der Waals surface area contributed by atoms with Gasteiger partial charge in [0.05, 0.1) is 5.92 Å². The first kappa shape index (κ1) is 17.7. The normalized spacial score (nSPS) is 22.9. The molecule has 2 rings (SSSR count). The topological polar surface area (TPSA) is 86.9 Å². The fourth-order valence-corrected chi connectivity index (χ4v) is 3.37. The molecule has 2 aliphatic heterocycles. The van der Waals surface area contributed by atoms with Gasteiger partial charge in [0.1, 0.15) is 0 Å². The van der Waals surface area contributed by atoms with Crippen molar-refractivity contribution in [3.8, 4) is 0 Å². The molecule has 130 valence electrons. The average molecular weight is 324 g/mol. The Morgan fingerprint density at radius 2 is 1.87 bits per heavy atom. The van der Waals surface area contributed by atoms with Gasteiger partial charge in [0.15, 0.2) is 0 Å². The van der Waals surface area contributed by atoms with Crippen molar-refractivity contribution >= 4 is 17.7 Å². The Kier molecular flexibility index (Phi) is 5.98. The van der Waals surface area contributed by atoms with Gasteiger partial charge >= 0.3 is 0 Å². The molecular weight excluding hydrogens is 296 g/mol. The number of piperidine rings is 1. The van der Waals surface area contributed by atoms with Crippen LogP contribution in [0, 0.1) is 11.8 Å². The van der Waals surface area contributed by atoms with E-state index in [1.807, 2.05) is 19.0 Å². The summed E-state index contributed by atoms with van der Waals surface area (Å²) in [4.78, 5) is 41.5. The predicted molar refractivity (Wildman–Crippen MR) is 86.4 cm³/mol. The molecule has 2 aliphatic rings. The summed E-state index contributed by atoms with van der Waals surface area (Å²) in [6, 6.07) is 0. The summed E-state index contributed by atoms with van der Waals surface area (Å²) in [7, 11) is 4.02. The lowest BCUT2D eigenvalue weighted by Gasteiger charge is -2.32. The molecule has 0 aromatic heterocycles. The third-order valence-electron chi connectivity index (χ3n) is 4.81. The molecule has 2 fully saturated rings. The van der Waals surface area contributed by atoms with Crippen LogP contribution in [0.1, 0.15) is 25.7 Å². The van der Waals surface area contributed by atoms with Gasteiger partial charge < -0.3 is 20.4 Å². The summed E-state index contributed by atoms with van der Waals surface area (Å²) in [6.45, 7) is 3.31. The van der Waals surface area contributed by atoms with Crippen LogP contribution in [0.25, 0.3) is 0 Å². The number of amides is 3. The van der Waals surface area contributed by atoms with Crippen LogP contribution < -0.4 is 5.73 Å². The van der Waals surface area contributed by atoms with Crippen LogP contribution in [0.3, 0.4) is 0 Å². The molecule has 0 saturated carbocycles. The third kappa shape index (κ3) is 4.67. The second kappa shape index (κ2) is 7.77. The van der Waals surface area contributed by atoms with Crippen molar-refractivity contribution in [1.29, 1.82) is 0 Å². The number of nitrogens with zero attached hydrogens (tertiary/aromatic N) is 3. The number of hydrogen-bond donors (Lipinski definition) is 1. The molecule has 0 radical (unpaired) electrons. The third-order valence-corrected chi connectivity index (χ3v) is 4.81. The zero-order valence-electron chi connectivity index (χ0n) is 14.2. The molecule has 3 amide bonds. The van der Waals surface area contributed by atoms with Crippen LogP contribution in [0.15, 0.2) is 0 Å². The van der Waals surface area contributed by atoms with Crippen LogP contribution in [-0.4, -0.2) is 79.2 Å². The summed E-state index contributed by atoms with van der Waals surface area (Å²) in [6.07, 6.45) is 2.50. The number of rotatable bonds is 6. The van der Waals surface area contributed by atoms with Crippen LogP contribution in [0.5, 0.6) is 0 Å². The minimum atomic E-state index is -0.278. The Labute approximate surface area is 137 Å². The maximum atomic E-state index is 12.6. The Hall–Kier alpha value is -1.63. The summed E-state index contributed by atoms with van der Waals surface area (Å²) in [5.74, 6) is -0.496. The molecule has 7 heteroatoms. The van der Waals surface area contributed by atoms with Gasteiger partial charge in [-0.05, 0) is 39.9 Å². The maximum Gasteiger partial charge on any atom is 0.227 e. The van der Waals surface area contributed by atoms with Crippen LogP contribution in [0.4, 0.5) is 0 Å². The van der Waals surface area contributed by atoms with E-state index in [2.05, 4.69) is 4.90 Å². The molecular formula is C16H28N4O3. The van der Waals surface area contributed by atoms with Crippen LogP contribution >= 0.6 is 0 Å². The van der Waals surface area contributed by atoms with E-state index in [1.54, 1.807) is 4.90 Å². The summed E-state index contributed by atoms with van der Waals surface area (Å²) >= 11 is 0. The lowest BCUT2D eigenvalue weighted by molar-refractivity contribution is -0.138. The summed E-state index contributed by atoms with van der Waals surface area (Å²) < 4.78 is 0. The number of carbonyl (C=O) groups is 3. The Morgan fingerprint density at radius 1 is 1.22 bits per heavy atom. The maximum absolute atomic E-state index is 12.6. The van der Waals surface area contributed by atoms with E-state index >= 15 is 0 Å². The number of nitrogens with two attached hydrogens (primary N) is 1. The van der Waals surface area contributed by atoms with E-state index in [0.29, 0.717) is 45.4 Å². The zero-order chi connectivity index (χ0) is 17.0. The second-order valence-electron chi connectivity index (χ2n) is 6.90. The molecule has 1 unspecified atom stereocenters. The quantitative estimate of drug-likeness (QED) is 0.714. The van der Waals surface area contributed by atoms with Gasteiger partial charge in [-0.1, -0.05) is 0 Å². The van der Waals surface area contributed by atoms with E-state index in [0.717, 1.165) is 13.0 Å². The highest BCUT2D eigenvalue weighted by Crippen LogP contribution is 2.24. The highest BCUT2D eigenvalue weighted by atomic mass is 16.2. The average Bonchev–Trinajstić information content (AvgIpc) is 2.87. The fraction of sp³-hybridized carbons (Fsp3) is 0.812. The lowest BCUT2D eigenvalue weighted by Crippen LogP contribution is -2.44. The van der Waals surface area contributed by atoms with Crippen molar-refractivity contribution in [1.82, 2.24) is 14.7 Å². The first-order valence-electron chi connectivity index (χ1n) is 8.39. The molecule has 0 aliphatic carbocycles. The first-order valence-corrected chi connectivity index (χ1v) is 8.39. The van der Waals surface area contributed by atoms with E-state index in [9.17, 15) is 14.4 Å². The summed E-state index contributed by atoms with van der Waals surface area (Å²) in [5, 5.41) is 0. The molecule has 1 atom stereocenters. The van der Waals surface area contributed by atoms with Gasteiger partial charge in [0.25, 0.3) is 0 Å². The monoisotopic (exact) mass is 324 g/mol. The van der Waals surface area contributed by atoms with E-state index in [-0.39, 0.29) is 29.6 Å². The van der Waals surface area contributed by atoms with Crippen molar-refractivity contribution in [2.75, 3.05) is 46.8 Å². The Bertz CT molecular complexity index is 458. The highest BCUT2D eigenvalue weighted by Gasteiger charge is 2.37. The number of likely N-dealkylation sites (tertiary alicyclic amines) is 2. The van der Waals surface area contributed by atoms with Crippen molar-refractivity contribution in [3.63, 3.8) is 0 Å². The lowest BCUT2D eigenvalue weighted by atomic mass is 9.95. The molecule has 0 aromatic rings. The largest absolute Gasteiger partial charge is 0.369 e. The van der Waals surface area contributed by atoms with Gasteiger partial charge in [-0.15, -0.1) is 0 Å². The van der Waals surface area contributed by atoms with E-state index < -0.39 is 0 Å². The van der Waals surface area contributed by atoms with Gasteiger partial charge in [-0.2, -0.15) is 0 Å². The van der Waals surface area contributed by atoms with Crippen molar-refractivity contribution in [2.24, 2.45) is 17.6 Å². The first-order chi connectivity index (χ1) is 10.9. The van der Waals surface area contributed by atoms with E-state index in [4.69, 9.17) is 5.73 Å². The van der Waals surface area contributed by atoms with Gasteiger partial charge in [0, 0.05) is 38.5 Å². The van der Waals surface area contributed by atoms with Gasteiger partial charge in [-0.25, -0.2) is 0 Å². The number of hydrogen-bond acceptors (Lipinski definition) is 4. The second-order valence-corrected chi connectivity index (χ2v) is 6.90. The highest BCUT2D eigenvalue weighted by molar-refractivity contribution is 5.89. The van der Waals surface area contributed by atoms with Crippen LogP contribution in [-0.2, 0) is 14.4 Å². The smallest absolute Gasteiger partial charge is 0.227 e. The SMILES string of the molecule is CN(C)CCCN1CC(C(=O)N2CCC(C(N)=O)CC2)CC1=O. The number of primary amides is 1. The molecule has 2 saturated heterocycles. The minimum Gasteiger partial charge on any atom is -0.369 e. The molecule has 0 aromatic carbocycles. The predicted octanol–water partition coefficient (Wildman–Crippen LogP) is -0.489. The standard InChI is InChI=1S/C16H28N4O3/c1-18(2)6-3-7-20-11-13(10-14(20)21)16(23)19-8-4-12(5-9-19)15(17)22/h12-13H,3-11H2,1-2H3,(H2,17,22). The molecule has 2 heterocycles. The molecule has 23 heavy (non-hydrogen) atoms. The van der Waals surface area contributed by atoms with Gasteiger partial charge in [-0.3, -0.25) is 14.4 Å². The van der Waals surface area contributed by atoms with Crippen molar-refractivity contribution in [3.05, 3.63) is 0 Å². The number of carbonyl (C=O) groups excluding carboxylic acids is 3. The van der Waals surface area contributed by atoms with Crippen molar-refractivity contribution < 1.29 is 14.4 Å². The van der Waals surface area contributed by atoms with Gasteiger partial charge in [0.2, 0.25) is 17.7 Å². The molecule has 0 bridgehead atoms. The minimum absolute atomic E-state index is 0.0522. The molecule has 7 nitrogen and oxygen atoms in total. The fourth-order valence-electron chi connectivity index (χ4n) is 3.37. The molecule has 2 N–H and O–H groups in total.